The zero-order chi connectivity index (χ0) is 20.6. The average Bonchev–Trinajstić information content (AvgIpc) is 3.18. The Bertz CT molecular complexity index is 862. The predicted octanol–water partition coefficient (Wildman–Crippen LogP) is 2.03. The standard InChI is InChI=1S/C22H33N3O3S/c1-16-15-24(2)11-10-21(16)23-22(26)18-8-12-25(13-9-18)29(27,28)20-7-6-17-4-3-5-19(17)14-20/h6-7,14,16,18,21H,3-5,8-13,15H2,1-2H3,(H,23,26)/t16-,21-/m0/s1. The third kappa shape index (κ3) is 4.37. The lowest BCUT2D eigenvalue weighted by Crippen LogP contribution is -2.51. The molecule has 0 aromatic heterocycles. The highest BCUT2D eigenvalue weighted by molar-refractivity contribution is 7.89. The van der Waals surface area contributed by atoms with E-state index in [0.717, 1.165) is 38.8 Å². The second-order valence-corrected chi connectivity index (χ2v) is 11.0. The van der Waals surface area contributed by atoms with Crippen molar-refractivity contribution in [2.75, 3.05) is 33.2 Å². The molecule has 2 saturated heterocycles. The molecule has 0 radical (unpaired) electrons. The van der Waals surface area contributed by atoms with E-state index >= 15 is 0 Å². The maximum absolute atomic E-state index is 13.1. The number of piperidine rings is 2. The number of sulfonamides is 1. The highest BCUT2D eigenvalue weighted by Gasteiger charge is 2.34. The van der Waals surface area contributed by atoms with Crippen molar-refractivity contribution in [1.82, 2.24) is 14.5 Å². The van der Waals surface area contributed by atoms with Crippen molar-refractivity contribution in [2.45, 2.75) is 56.4 Å². The van der Waals surface area contributed by atoms with Gasteiger partial charge in [-0.1, -0.05) is 13.0 Å². The van der Waals surface area contributed by atoms with E-state index in [4.69, 9.17) is 0 Å². The van der Waals surface area contributed by atoms with Gasteiger partial charge in [-0.2, -0.15) is 4.31 Å². The molecule has 1 aromatic rings. The number of rotatable bonds is 4. The normalized spacial score (nSPS) is 27.0. The molecule has 0 bridgehead atoms. The molecule has 2 aliphatic heterocycles. The third-order valence-corrected chi connectivity index (χ3v) is 8.86. The maximum Gasteiger partial charge on any atom is 0.243 e. The van der Waals surface area contributed by atoms with Crippen molar-refractivity contribution in [3.05, 3.63) is 29.3 Å². The number of aryl methyl sites for hydroxylation is 2. The van der Waals surface area contributed by atoms with Crippen LogP contribution < -0.4 is 5.32 Å². The van der Waals surface area contributed by atoms with Gasteiger partial charge < -0.3 is 10.2 Å². The van der Waals surface area contributed by atoms with Crippen molar-refractivity contribution in [2.24, 2.45) is 11.8 Å². The van der Waals surface area contributed by atoms with Gasteiger partial charge in [-0.05, 0) is 81.3 Å². The Balaban J connectivity index is 1.34. The number of likely N-dealkylation sites (tertiary alicyclic amines) is 1. The van der Waals surface area contributed by atoms with E-state index in [9.17, 15) is 13.2 Å². The first-order valence-electron chi connectivity index (χ1n) is 11.0. The van der Waals surface area contributed by atoms with Crippen molar-refractivity contribution >= 4 is 15.9 Å². The van der Waals surface area contributed by atoms with Crippen LogP contribution in [0.4, 0.5) is 0 Å². The van der Waals surface area contributed by atoms with E-state index in [2.05, 4.69) is 24.2 Å². The molecule has 0 saturated carbocycles. The Morgan fingerprint density at radius 2 is 1.79 bits per heavy atom. The van der Waals surface area contributed by atoms with Gasteiger partial charge in [-0.3, -0.25) is 4.79 Å². The van der Waals surface area contributed by atoms with Gasteiger partial charge in [0.25, 0.3) is 0 Å². The van der Waals surface area contributed by atoms with Gasteiger partial charge in [0.15, 0.2) is 0 Å². The Morgan fingerprint density at radius 1 is 1.07 bits per heavy atom. The van der Waals surface area contributed by atoms with Crippen LogP contribution in [0.1, 0.15) is 43.7 Å². The summed E-state index contributed by atoms with van der Waals surface area (Å²) in [7, 11) is -1.36. The molecule has 6 nitrogen and oxygen atoms in total. The van der Waals surface area contributed by atoms with Crippen LogP contribution in [0.3, 0.4) is 0 Å². The first-order chi connectivity index (χ1) is 13.8. The number of nitrogens with one attached hydrogen (secondary N) is 1. The predicted molar refractivity (Wildman–Crippen MR) is 113 cm³/mol. The zero-order valence-corrected chi connectivity index (χ0v) is 18.4. The van der Waals surface area contributed by atoms with E-state index in [1.807, 2.05) is 12.1 Å². The lowest BCUT2D eigenvalue weighted by molar-refractivity contribution is -0.127. The first-order valence-corrected chi connectivity index (χ1v) is 12.4. The molecular formula is C22H33N3O3S. The summed E-state index contributed by atoms with van der Waals surface area (Å²) in [5.41, 5.74) is 2.45. The second-order valence-electron chi connectivity index (χ2n) is 9.11. The fourth-order valence-electron chi connectivity index (χ4n) is 5.09. The van der Waals surface area contributed by atoms with Crippen LogP contribution in [0.15, 0.2) is 23.1 Å². The third-order valence-electron chi connectivity index (χ3n) is 6.97. The van der Waals surface area contributed by atoms with E-state index in [1.165, 1.54) is 11.1 Å². The van der Waals surface area contributed by atoms with Crippen molar-refractivity contribution in [1.29, 1.82) is 0 Å². The number of hydrogen-bond acceptors (Lipinski definition) is 4. The number of nitrogens with zero attached hydrogens (tertiary/aromatic N) is 2. The highest BCUT2D eigenvalue weighted by atomic mass is 32.2. The molecule has 1 aliphatic carbocycles. The van der Waals surface area contributed by atoms with E-state index in [0.29, 0.717) is 36.7 Å². The van der Waals surface area contributed by atoms with E-state index in [1.54, 1.807) is 10.4 Å². The molecule has 7 heteroatoms. The summed E-state index contributed by atoms with van der Waals surface area (Å²) >= 11 is 0. The molecule has 2 fully saturated rings. The molecule has 1 amide bonds. The lowest BCUT2D eigenvalue weighted by atomic mass is 9.92. The van der Waals surface area contributed by atoms with Gasteiger partial charge in [0.2, 0.25) is 15.9 Å². The Hall–Kier alpha value is -1.44. The number of carbonyl (C=O) groups is 1. The molecule has 1 N–H and O–H groups in total. The number of fused-ring (bicyclic) bond motifs is 1. The van der Waals surface area contributed by atoms with Gasteiger partial charge in [0, 0.05) is 31.6 Å². The van der Waals surface area contributed by atoms with Crippen LogP contribution in [0.25, 0.3) is 0 Å². The van der Waals surface area contributed by atoms with Crippen LogP contribution in [0.2, 0.25) is 0 Å². The fourth-order valence-corrected chi connectivity index (χ4v) is 6.61. The Kier molecular flexibility index (Phi) is 6.00. The molecule has 2 heterocycles. The van der Waals surface area contributed by atoms with E-state index < -0.39 is 10.0 Å². The lowest BCUT2D eigenvalue weighted by Gasteiger charge is -2.37. The van der Waals surface area contributed by atoms with Gasteiger partial charge in [-0.15, -0.1) is 0 Å². The summed E-state index contributed by atoms with van der Waals surface area (Å²) in [4.78, 5) is 15.5. The SMILES string of the molecule is C[C@H]1CN(C)CC[C@@H]1NC(=O)C1CCN(S(=O)(=O)c2ccc3c(c2)CCC3)CC1. The summed E-state index contributed by atoms with van der Waals surface area (Å²) in [6.07, 6.45) is 5.29. The highest BCUT2D eigenvalue weighted by Crippen LogP contribution is 2.29. The largest absolute Gasteiger partial charge is 0.353 e. The smallest absolute Gasteiger partial charge is 0.243 e. The van der Waals surface area contributed by atoms with Crippen LogP contribution in [-0.2, 0) is 27.7 Å². The molecule has 0 spiro atoms. The summed E-state index contributed by atoms with van der Waals surface area (Å²) in [5, 5.41) is 3.24. The molecule has 2 atom stereocenters. The molecule has 160 valence electrons. The Labute approximate surface area is 174 Å². The molecule has 29 heavy (non-hydrogen) atoms. The van der Waals surface area contributed by atoms with Crippen LogP contribution >= 0.6 is 0 Å². The van der Waals surface area contributed by atoms with Crippen LogP contribution in [0, 0.1) is 11.8 Å². The maximum atomic E-state index is 13.1. The van der Waals surface area contributed by atoms with Gasteiger partial charge >= 0.3 is 0 Å². The topological polar surface area (TPSA) is 69.7 Å². The molecular weight excluding hydrogens is 386 g/mol. The zero-order valence-electron chi connectivity index (χ0n) is 17.6. The van der Waals surface area contributed by atoms with Crippen molar-refractivity contribution in [3.63, 3.8) is 0 Å². The first kappa shape index (κ1) is 20.8. The van der Waals surface area contributed by atoms with Gasteiger partial charge in [0.05, 0.1) is 4.90 Å². The van der Waals surface area contributed by atoms with Crippen molar-refractivity contribution < 1.29 is 13.2 Å². The minimum absolute atomic E-state index is 0.0895. The average molecular weight is 420 g/mol. The summed E-state index contributed by atoms with van der Waals surface area (Å²) in [6.45, 7) is 5.03. The van der Waals surface area contributed by atoms with E-state index in [-0.39, 0.29) is 17.9 Å². The van der Waals surface area contributed by atoms with Crippen molar-refractivity contribution in [3.8, 4) is 0 Å². The molecule has 4 rings (SSSR count). The molecule has 0 unspecified atom stereocenters. The number of hydrogen-bond donors (Lipinski definition) is 1. The van der Waals surface area contributed by atoms with Gasteiger partial charge in [0.1, 0.15) is 0 Å². The van der Waals surface area contributed by atoms with Crippen LogP contribution in [-0.4, -0.2) is 62.8 Å². The summed E-state index contributed by atoms with van der Waals surface area (Å²) < 4.78 is 27.7. The van der Waals surface area contributed by atoms with Gasteiger partial charge in [-0.25, -0.2) is 8.42 Å². The quantitative estimate of drug-likeness (QED) is 0.811. The number of amides is 1. The summed E-state index contributed by atoms with van der Waals surface area (Å²) in [6, 6.07) is 5.81. The summed E-state index contributed by atoms with van der Waals surface area (Å²) in [5.74, 6) is 0.451. The number of carbonyl (C=O) groups excluding carboxylic acids is 1. The minimum atomic E-state index is -3.48. The fraction of sp³-hybridized carbons (Fsp3) is 0.682. The monoisotopic (exact) mass is 419 g/mol. The minimum Gasteiger partial charge on any atom is -0.353 e. The second kappa shape index (κ2) is 8.36. The van der Waals surface area contributed by atoms with Crippen LogP contribution in [0.5, 0.6) is 0 Å². The molecule has 1 aromatic carbocycles. The Morgan fingerprint density at radius 3 is 2.52 bits per heavy atom. The number of benzene rings is 1. The molecule has 3 aliphatic rings.